The molecule has 82 valence electrons. The van der Waals surface area contributed by atoms with Crippen molar-refractivity contribution in [3.05, 3.63) is 18.3 Å². The van der Waals surface area contributed by atoms with Crippen LogP contribution >= 0.6 is 0 Å². The average Bonchev–Trinajstić information content (AvgIpc) is 2.19. The van der Waals surface area contributed by atoms with Gasteiger partial charge in [-0.3, -0.25) is 0 Å². The van der Waals surface area contributed by atoms with E-state index in [0.29, 0.717) is 18.9 Å². The summed E-state index contributed by atoms with van der Waals surface area (Å²) in [5.41, 5.74) is 6.54. The second kappa shape index (κ2) is 3.69. The minimum Gasteiger partial charge on any atom is -0.382 e. The summed E-state index contributed by atoms with van der Waals surface area (Å²) in [6, 6.07) is 3.66. The number of hydrogen-bond acceptors (Lipinski definition) is 5. The molecule has 5 nitrogen and oxygen atoms in total. The fourth-order valence-electron chi connectivity index (χ4n) is 1.63. The Morgan fingerprint density at radius 2 is 2.00 bits per heavy atom. The van der Waals surface area contributed by atoms with E-state index in [1.54, 1.807) is 12.3 Å². The Balaban J connectivity index is 2.18. The maximum Gasteiger partial charge on any atom is 0.153 e. The van der Waals surface area contributed by atoms with Gasteiger partial charge in [-0.05, 0) is 12.1 Å². The molecule has 1 aliphatic rings. The molecule has 0 amide bonds. The van der Waals surface area contributed by atoms with Gasteiger partial charge in [0.15, 0.2) is 9.84 Å². The molecule has 0 aromatic carbocycles. The molecule has 6 heteroatoms. The first-order valence-electron chi connectivity index (χ1n) is 4.74. The number of nitrogens with zero attached hydrogens (tertiary/aromatic N) is 2. The molecule has 2 rings (SSSR count). The Morgan fingerprint density at radius 3 is 2.60 bits per heavy atom. The molecular weight excluding hydrogens is 214 g/mol. The maximum absolute atomic E-state index is 11.2. The lowest BCUT2D eigenvalue weighted by Gasteiger charge is -2.29. The molecule has 0 aliphatic carbocycles. The summed E-state index contributed by atoms with van der Waals surface area (Å²) in [7, 11) is -2.84. The van der Waals surface area contributed by atoms with Crippen LogP contribution < -0.4 is 10.6 Å². The van der Waals surface area contributed by atoms with Crippen molar-refractivity contribution in [2.24, 2.45) is 0 Å². The average molecular weight is 227 g/mol. The molecule has 1 aromatic heterocycles. The van der Waals surface area contributed by atoms with Gasteiger partial charge in [-0.15, -0.1) is 0 Å². The summed E-state index contributed by atoms with van der Waals surface area (Å²) in [5, 5.41) is 0. The van der Waals surface area contributed by atoms with E-state index in [1.807, 2.05) is 11.0 Å². The lowest BCUT2D eigenvalue weighted by molar-refractivity contribution is 0.587. The summed E-state index contributed by atoms with van der Waals surface area (Å²) >= 11 is 0. The fraction of sp³-hybridized carbons (Fsp3) is 0.444. The molecule has 0 unspecified atom stereocenters. The van der Waals surface area contributed by atoms with Crippen LogP contribution in [0.5, 0.6) is 0 Å². The summed E-state index contributed by atoms with van der Waals surface area (Å²) in [4.78, 5) is 5.94. The molecule has 1 saturated heterocycles. The van der Waals surface area contributed by atoms with Gasteiger partial charge in [0.25, 0.3) is 0 Å². The first-order chi connectivity index (χ1) is 7.08. The topological polar surface area (TPSA) is 76.3 Å². The number of anilines is 2. The summed E-state index contributed by atoms with van der Waals surface area (Å²) < 4.78 is 22.5. The standard InChI is InChI=1S/C9H13N3O2S/c10-9-8(2-1-3-11-9)12-4-6-15(13,14)7-5-12/h1-3H,4-7H2,(H2,10,11). The monoisotopic (exact) mass is 227 g/mol. The number of hydrogen-bond donors (Lipinski definition) is 1. The highest BCUT2D eigenvalue weighted by Gasteiger charge is 2.22. The second-order valence-electron chi connectivity index (χ2n) is 3.55. The molecule has 1 aliphatic heterocycles. The largest absolute Gasteiger partial charge is 0.382 e. The third-order valence-electron chi connectivity index (χ3n) is 2.50. The molecule has 1 aromatic rings. The highest BCUT2D eigenvalue weighted by atomic mass is 32.2. The Kier molecular flexibility index (Phi) is 2.52. The Hall–Kier alpha value is -1.30. The summed E-state index contributed by atoms with van der Waals surface area (Å²) in [6.45, 7) is 0.996. The lowest BCUT2D eigenvalue weighted by atomic mass is 10.3. The van der Waals surface area contributed by atoms with E-state index in [1.165, 1.54) is 0 Å². The normalized spacial score (nSPS) is 20.1. The third-order valence-corrected chi connectivity index (χ3v) is 4.11. The van der Waals surface area contributed by atoms with Gasteiger partial charge < -0.3 is 10.6 Å². The van der Waals surface area contributed by atoms with Crippen LogP contribution in [0.15, 0.2) is 18.3 Å². The van der Waals surface area contributed by atoms with E-state index in [9.17, 15) is 8.42 Å². The van der Waals surface area contributed by atoms with Crippen LogP contribution in [-0.4, -0.2) is 38.0 Å². The Labute approximate surface area is 88.8 Å². The first-order valence-corrected chi connectivity index (χ1v) is 6.56. The van der Waals surface area contributed by atoms with Gasteiger partial charge in [0, 0.05) is 19.3 Å². The number of aromatic nitrogens is 1. The number of nitrogen functional groups attached to an aromatic ring is 1. The predicted octanol–water partition coefficient (Wildman–Crippen LogP) is -0.101. The van der Waals surface area contributed by atoms with E-state index >= 15 is 0 Å². The summed E-state index contributed by atoms with van der Waals surface area (Å²) in [5.74, 6) is 0.847. The van der Waals surface area contributed by atoms with E-state index in [0.717, 1.165) is 5.69 Å². The molecule has 0 atom stereocenters. The Bertz CT molecular complexity index is 444. The smallest absolute Gasteiger partial charge is 0.153 e. The molecule has 2 N–H and O–H groups in total. The van der Waals surface area contributed by atoms with Crippen LogP contribution in [0.3, 0.4) is 0 Å². The van der Waals surface area contributed by atoms with E-state index in [-0.39, 0.29) is 11.5 Å². The van der Waals surface area contributed by atoms with Crippen LogP contribution in [0.1, 0.15) is 0 Å². The van der Waals surface area contributed by atoms with Gasteiger partial charge in [-0.1, -0.05) is 0 Å². The number of nitrogens with two attached hydrogens (primary N) is 1. The molecule has 2 heterocycles. The van der Waals surface area contributed by atoms with E-state index < -0.39 is 9.84 Å². The maximum atomic E-state index is 11.2. The third kappa shape index (κ3) is 2.20. The molecular formula is C9H13N3O2S. The second-order valence-corrected chi connectivity index (χ2v) is 5.85. The van der Waals surface area contributed by atoms with Gasteiger partial charge in [0.1, 0.15) is 5.82 Å². The van der Waals surface area contributed by atoms with Crippen molar-refractivity contribution in [1.29, 1.82) is 0 Å². The van der Waals surface area contributed by atoms with Gasteiger partial charge in [0.2, 0.25) is 0 Å². The van der Waals surface area contributed by atoms with Crippen molar-refractivity contribution in [3.8, 4) is 0 Å². The van der Waals surface area contributed by atoms with Gasteiger partial charge >= 0.3 is 0 Å². The highest BCUT2D eigenvalue weighted by molar-refractivity contribution is 7.91. The van der Waals surface area contributed by atoms with E-state index in [2.05, 4.69) is 4.98 Å². The first kappa shape index (κ1) is 10.2. The molecule has 0 spiro atoms. The minimum absolute atomic E-state index is 0.196. The van der Waals surface area contributed by atoms with Crippen LogP contribution in [0, 0.1) is 0 Å². The molecule has 1 fully saturated rings. The van der Waals surface area contributed by atoms with Crippen molar-refractivity contribution in [2.75, 3.05) is 35.2 Å². The molecule has 0 bridgehead atoms. The van der Waals surface area contributed by atoms with Crippen molar-refractivity contribution < 1.29 is 8.42 Å². The Morgan fingerprint density at radius 1 is 1.33 bits per heavy atom. The van der Waals surface area contributed by atoms with Gasteiger partial charge in [0.05, 0.1) is 17.2 Å². The van der Waals surface area contributed by atoms with E-state index in [4.69, 9.17) is 5.73 Å². The predicted molar refractivity (Wildman–Crippen MR) is 59.5 cm³/mol. The lowest BCUT2D eigenvalue weighted by Crippen LogP contribution is -2.40. The summed E-state index contributed by atoms with van der Waals surface area (Å²) in [6.07, 6.45) is 1.62. The zero-order valence-corrected chi connectivity index (χ0v) is 9.07. The van der Waals surface area contributed by atoms with Crippen molar-refractivity contribution in [2.45, 2.75) is 0 Å². The van der Waals surface area contributed by atoms with Crippen LogP contribution in [0.4, 0.5) is 11.5 Å². The van der Waals surface area contributed by atoms with Crippen LogP contribution in [-0.2, 0) is 9.84 Å². The zero-order valence-electron chi connectivity index (χ0n) is 8.26. The van der Waals surface area contributed by atoms with Gasteiger partial charge in [-0.2, -0.15) is 0 Å². The van der Waals surface area contributed by atoms with Crippen molar-refractivity contribution >= 4 is 21.3 Å². The van der Waals surface area contributed by atoms with Crippen LogP contribution in [0.2, 0.25) is 0 Å². The number of rotatable bonds is 1. The quantitative estimate of drug-likeness (QED) is 0.725. The molecule has 0 radical (unpaired) electrons. The number of pyridine rings is 1. The SMILES string of the molecule is Nc1ncccc1N1CCS(=O)(=O)CC1. The molecule has 15 heavy (non-hydrogen) atoms. The fourth-order valence-corrected chi connectivity index (χ4v) is 2.83. The van der Waals surface area contributed by atoms with Gasteiger partial charge in [-0.25, -0.2) is 13.4 Å². The molecule has 0 saturated carbocycles. The highest BCUT2D eigenvalue weighted by Crippen LogP contribution is 2.21. The number of sulfone groups is 1. The minimum atomic E-state index is -2.84. The van der Waals surface area contributed by atoms with Crippen molar-refractivity contribution in [1.82, 2.24) is 4.98 Å². The van der Waals surface area contributed by atoms with Crippen LogP contribution in [0.25, 0.3) is 0 Å². The van der Waals surface area contributed by atoms with Crippen molar-refractivity contribution in [3.63, 3.8) is 0 Å². The zero-order chi connectivity index (χ0) is 10.9.